The van der Waals surface area contributed by atoms with Crippen molar-refractivity contribution >= 4 is 23.7 Å². The van der Waals surface area contributed by atoms with Crippen molar-refractivity contribution in [3.8, 4) is 0 Å². The van der Waals surface area contributed by atoms with E-state index >= 15 is 0 Å². The summed E-state index contributed by atoms with van der Waals surface area (Å²) in [5.41, 5.74) is 0. The fourth-order valence-corrected chi connectivity index (χ4v) is 3.54. The third-order valence-electron chi connectivity index (χ3n) is 4.78. The molecule has 0 aromatic heterocycles. The van der Waals surface area contributed by atoms with Crippen molar-refractivity contribution in [1.82, 2.24) is 14.7 Å². The van der Waals surface area contributed by atoms with Crippen LogP contribution in [0.25, 0.3) is 0 Å². The Morgan fingerprint density at radius 2 is 2.09 bits per heavy atom. The number of hydrogen-bond acceptors (Lipinski definition) is 2. The first-order chi connectivity index (χ1) is 11.0. The molecule has 0 saturated carbocycles. The molecule has 2 atom stereocenters. The van der Waals surface area contributed by atoms with Crippen LogP contribution in [0.15, 0.2) is 17.6 Å². The topological polar surface area (TPSA) is 59.2 Å². The molecule has 0 spiro atoms. The van der Waals surface area contributed by atoms with Gasteiger partial charge in [0.25, 0.3) is 5.91 Å². The van der Waals surface area contributed by atoms with E-state index in [1.165, 1.54) is 23.3 Å². The van der Waals surface area contributed by atoms with Gasteiger partial charge in [0.2, 0.25) is 11.9 Å². The lowest BCUT2D eigenvalue weighted by atomic mass is 10.0. The number of amidine groups is 1. The van der Waals surface area contributed by atoms with Crippen LogP contribution in [0.2, 0.25) is 0 Å². The van der Waals surface area contributed by atoms with Crippen LogP contribution in [0.3, 0.4) is 0 Å². The van der Waals surface area contributed by atoms with Crippen LogP contribution in [0.5, 0.6) is 0 Å². The SMILES string of the molecule is C=CCN1C(=[N+]2CCCC(C)C2)N=C2C1C(=O)N(C)C(=O)N2C. The average Bonchev–Trinajstić information content (AvgIpc) is 2.91. The van der Waals surface area contributed by atoms with E-state index in [0.717, 1.165) is 25.5 Å². The third-order valence-corrected chi connectivity index (χ3v) is 4.78. The molecular weight excluding hydrogens is 294 g/mol. The number of fused-ring (bicyclic) bond motifs is 1. The van der Waals surface area contributed by atoms with Gasteiger partial charge in [0.05, 0.1) is 19.6 Å². The van der Waals surface area contributed by atoms with Crippen LogP contribution in [0, 0.1) is 5.92 Å². The Hall–Kier alpha value is -2.18. The maximum Gasteiger partial charge on any atom is 0.392 e. The molecule has 3 aliphatic heterocycles. The molecule has 2 fully saturated rings. The van der Waals surface area contributed by atoms with Crippen molar-refractivity contribution in [2.24, 2.45) is 10.9 Å². The summed E-state index contributed by atoms with van der Waals surface area (Å²) < 4.78 is 2.23. The molecule has 23 heavy (non-hydrogen) atoms. The van der Waals surface area contributed by atoms with E-state index in [-0.39, 0.29) is 11.9 Å². The number of aliphatic imine (C=N–C) groups is 1. The van der Waals surface area contributed by atoms with Crippen molar-refractivity contribution in [2.45, 2.75) is 25.8 Å². The van der Waals surface area contributed by atoms with Gasteiger partial charge in [-0.25, -0.2) is 9.69 Å². The first-order valence-corrected chi connectivity index (χ1v) is 8.09. The highest BCUT2D eigenvalue weighted by Gasteiger charge is 2.54. The van der Waals surface area contributed by atoms with Crippen LogP contribution in [0.4, 0.5) is 4.79 Å². The fourth-order valence-electron chi connectivity index (χ4n) is 3.54. The quantitative estimate of drug-likeness (QED) is 0.553. The lowest BCUT2D eigenvalue weighted by Gasteiger charge is -2.33. The number of urea groups is 1. The van der Waals surface area contributed by atoms with Crippen LogP contribution < -0.4 is 0 Å². The summed E-state index contributed by atoms with van der Waals surface area (Å²) in [6.07, 6.45) is 4.10. The Bertz CT molecular complexity index is 624. The molecule has 3 heterocycles. The molecule has 7 nitrogen and oxygen atoms in total. The second-order valence-electron chi connectivity index (χ2n) is 6.55. The van der Waals surface area contributed by atoms with Crippen molar-refractivity contribution in [2.75, 3.05) is 33.7 Å². The molecule has 0 aromatic carbocycles. The minimum absolute atomic E-state index is 0.228. The molecule has 0 N–H and O–H groups in total. The van der Waals surface area contributed by atoms with E-state index in [9.17, 15) is 9.59 Å². The molecule has 2 unspecified atom stereocenters. The van der Waals surface area contributed by atoms with E-state index < -0.39 is 6.04 Å². The van der Waals surface area contributed by atoms with Gasteiger partial charge in [0, 0.05) is 14.1 Å². The van der Waals surface area contributed by atoms with Crippen molar-refractivity contribution < 1.29 is 14.2 Å². The molecule has 2 saturated heterocycles. The number of rotatable bonds is 2. The molecule has 3 rings (SSSR count). The van der Waals surface area contributed by atoms with Gasteiger partial charge in [-0.1, -0.05) is 24.6 Å². The number of carbonyl (C=O) groups excluding carboxylic acids is 2. The van der Waals surface area contributed by atoms with E-state index in [1.807, 2.05) is 4.90 Å². The molecule has 0 radical (unpaired) electrons. The molecule has 3 aliphatic rings. The number of nitrogens with zero attached hydrogens (tertiary/aromatic N) is 5. The maximum absolute atomic E-state index is 12.6. The molecule has 0 aromatic rings. The van der Waals surface area contributed by atoms with Crippen molar-refractivity contribution in [1.29, 1.82) is 0 Å². The fraction of sp³-hybridized carbons (Fsp3) is 0.625. The van der Waals surface area contributed by atoms with Crippen LogP contribution in [-0.4, -0.2) is 82.8 Å². The zero-order valence-electron chi connectivity index (χ0n) is 14.0. The first kappa shape index (κ1) is 15.7. The minimum Gasteiger partial charge on any atom is -0.270 e. The molecule has 0 bridgehead atoms. The third kappa shape index (κ3) is 2.44. The Kier molecular flexibility index (Phi) is 3.95. The second kappa shape index (κ2) is 5.79. The number of imide groups is 1. The van der Waals surface area contributed by atoms with E-state index in [4.69, 9.17) is 0 Å². The highest BCUT2D eigenvalue weighted by Crippen LogP contribution is 2.24. The smallest absolute Gasteiger partial charge is 0.270 e. The summed E-state index contributed by atoms with van der Waals surface area (Å²) in [5.74, 6) is 1.68. The van der Waals surface area contributed by atoms with Gasteiger partial charge in [-0.05, 0) is 18.8 Å². The molecule has 0 aliphatic carbocycles. The Morgan fingerprint density at radius 1 is 1.35 bits per heavy atom. The summed E-state index contributed by atoms with van der Waals surface area (Å²) in [4.78, 5) is 34.1. The summed E-state index contributed by atoms with van der Waals surface area (Å²) in [6.45, 7) is 8.42. The first-order valence-electron chi connectivity index (χ1n) is 8.09. The number of likely N-dealkylation sites (N-methyl/N-ethyl adjacent to an activating group) is 2. The number of amides is 3. The van der Waals surface area contributed by atoms with Crippen molar-refractivity contribution in [3.05, 3.63) is 12.7 Å². The number of carbonyl (C=O) groups is 2. The lowest BCUT2D eigenvalue weighted by molar-refractivity contribution is -0.550. The van der Waals surface area contributed by atoms with Gasteiger partial charge < -0.3 is 0 Å². The van der Waals surface area contributed by atoms with Crippen molar-refractivity contribution in [3.63, 3.8) is 0 Å². The van der Waals surface area contributed by atoms with Gasteiger partial charge in [0.1, 0.15) is 0 Å². The van der Waals surface area contributed by atoms with Gasteiger partial charge >= 0.3 is 12.0 Å². The van der Waals surface area contributed by atoms with Crippen LogP contribution in [0.1, 0.15) is 19.8 Å². The summed E-state index contributed by atoms with van der Waals surface area (Å²) in [5, 5.41) is 0. The summed E-state index contributed by atoms with van der Waals surface area (Å²) in [6, 6.07) is -0.871. The normalized spacial score (nSPS) is 31.4. The van der Waals surface area contributed by atoms with E-state index in [1.54, 1.807) is 13.1 Å². The zero-order chi connectivity index (χ0) is 16.7. The molecule has 7 heteroatoms. The number of hydrogen-bond donors (Lipinski definition) is 0. The molecule has 3 amide bonds. The van der Waals surface area contributed by atoms with E-state index in [2.05, 4.69) is 23.1 Å². The average molecular weight is 318 g/mol. The predicted molar refractivity (Wildman–Crippen MR) is 87.5 cm³/mol. The Labute approximate surface area is 136 Å². The van der Waals surface area contributed by atoms with Gasteiger partial charge in [-0.15, -0.1) is 0 Å². The number of guanidine groups is 1. The monoisotopic (exact) mass is 318 g/mol. The van der Waals surface area contributed by atoms with Gasteiger partial charge in [-0.2, -0.15) is 0 Å². The number of piperidine rings is 1. The van der Waals surface area contributed by atoms with Gasteiger partial charge in [-0.3, -0.25) is 19.2 Å². The summed E-state index contributed by atoms with van der Waals surface area (Å²) in [7, 11) is 3.19. The standard InChI is InChI=1S/C16H24N5O2/c1-5-8-21-12-13(18(3)16(23)19(4)14(12)22)17-15(21)20-9-6-7-11(2)10-20/h5,11-12H,1,6-10H2,2-4H3/q+1. The van der Waals surface area contributed by atoms with Crippen LogP contribution in [-0.2, 0) is 4.79 Å². The molecule has 124 valence electrons. The maximum atomic E-state index is 12.6. The van der Waals surface area contributed by atoms with E-state index in [0.29, 0.717) is 18.3 Å². The Morgan fingerprint density at radius 3 is 2.74 bits per heavy atom. The Balaban J connectivity index is 2.06. The van der Waals surface area contributed by atoms with Gasteiger partial charge in [0.15, 0.2) is 0 Å². The highest BCUT2D eigenvalue weighted by molar-refractivity contribution is 6.25. The second-order valence-corrected chi connectivity index (χ2v) is 6.55. The van der Waals surface area contributed by atoms with Crippen LogP contribution >= 0.6 is 0 Å². The predicted octanol–water partition coefficient (Wildman–Crippen LogP) is 0.577. The molecular formula is C16H24N5O2+. The highest BCUT2D eigenvalue weighted by atomic mass is 16.2. The summed E-state index contributed by atoms with van der Waals surface area (Å²) >= 11 is 0. The minimum atomic E-state index is -0.534. The zero-order valence-corrected chi connectivity index (χ0v) is 14.0. The lowest BCUT2D eigenvalue weighted by Crippen LogP contribution is -2.62. The largest absolute Gasteiger partial charge is 0.392 e.